The van der Waals surface area contributed by atoms with Crippen molar-refractivity contribution in [2.75, 3.05) is 19.0 Å². The van der Waals surface area contributed by atoms with Crippen LogP contribution in [0.2, 0.25) is 0 Å². The molecule has 0 bridgehead atoms. The molecule has 0 fully saturated rings. The summed E-state index contributed by atoms with van der Waals surface area (Å²) in [5.74, 6) is 1.67. The van der Waals surface area contributed by atoms with E-state index in [2.05, 4.69) is 32.6 Å². The molecule has 0 amide bonds. The zero-order chi connectivity index (χ0) is 25.6. The van der Waals surface area contributed by atoms with Gasteiger partial charge in [-0.1, -0.05) is 11.2 Å². The Hall–Kier alpha value is -3.79. The number of aryl methyl sites for hydroxylation is 3. The minimum Gasteiger partial charge on any atom is -0.497 e. The number of aliphatic carboxylic acids is 1. The number of hydrogen-bond donors (Lipinski definition) is 2. The highest BCUT2D eigenvalue weighted by molar-refractivity contribution is 7.15. The third-order valence-electron chi connectivity index (χ3n) is 6.40. The van der Waals surface area contributed by atoms with Gasteiger partial charge in [0.15, 0.2) is 5.82 Å². The summed E-state index contributed by atoms with van der Waals surface area (Å²) in [7, 11) is 1.62. The number of rotatable bonds is 11. The first-order valence-corrected chi connectivity index (χ1v) is 13.2. The summed E-state index contributed by atoms with van der Waals surface area (Å²) in [6.07, 6.45) is 6.63. The number of nitrogens with zero attached hydrogens (tertiary/aromatic N) is 4. The fourth-order valence-corrected chi connectivity index (χ4v) is 5.47. The van der Waals surface area contributed by atoms with Crippen molar-refractivity contribution in [3.05, 3.63) is 70.4 Å². The van der Waals surface area contributed by atoms with E-state index in [1.807, 2.05) is 24.3 Å². The highest BCUT2D eigenvalue weighted by atomic mass is 32.1. The summed E-state index contributed by atoms with van der Waals surface area (Å²) in [6, 6.07) is 11.9. The molecule has 4 aromatic rings. The van der Waals surface area contributed by atoms with Crippen molar-refractivity contribution in [2.45, 2.75) is 50.9 Å². The van der Waals surface area contributed by atoms with Gasteiger partial charge in [0.1, 0.15) is 16.6 Å². The van der Waals surface area contributed by atoms with Gasteiger partial charge < -0.3 is 19.7 Å². The number of pyridine rings is 1. The second-order valence-electron chi connectivity index (χ2n) is 9.09. The molecular weight excluding hydrogens is 490 g/mol. The van der Waals surface area contributed by atoms with E-state index in [1.54, 1.807) is 13.3 Å². The van der Waals surface area contributed by atoms with Crippen molar-refractivity contribution in [1.29, 1.82) is 0 Å². The van der Waals surface area contributed by atoms with E-state index in [9.17, 15) is 9.90 Å². The molecule has 37 heavy (non-hydrogen) atoms. The third-order valence-corrected chi connectivity index (χ3v) is 7.61. The molecule has 0 radical (unpaired) electrons. The smallest absolute Gasteiger partial charge is 0.304 e. The van der Waals surface area contributed by atoms with E-state index in [0.29, 0.717) is 24.6 Å². The monoisotopic (exact) mass is 519 g/mol. The molecule has 1 aliphatic rings. The van der Waals surface area contributed by atoms with Crippen LogP contribution < -0.4 is 10.1 Å². The number of fused-ring (bicyclic) bond motifs is 1. The number of carbonyl (C=O) groups is 1. The van der Waals surface area contributed by atoms with Crippen LogP contribution in [0.1, 0.15) is 53.0 Å². The number of thiazole rings is 1. The van der Waals surface area contributed by atoms with Crippen LogP contribution in [0.3, 0.4) is 0 Å². The molecule has 192 valence electrons. The lowest BCUT2D eigenvalue weighted by molar-refractivity contribution is -0.137. The first-order valence-electron chi connectivity index (χ1n) is 12.4. The Labute approximate surface area is 218 Å². The topological polar surface area (TPSA) is 123 Å². The Kier molecular flexibility index (Phi) is 7.74. The molecule has 5 rings (SSSR count). The number of ether oxygens (including phenoxy) is 1. The Bertz CT molecular complexity index is 1350. The van der Waals surface area contributed by atoms with Crippen LogP contribution >= 0.6 is 11.3 Å². The van der Waals surface area contributed by atoms with Gasteiger partial charge in [0, 0.05) is 47.6 Å². The van der Waals surface area contributed by atoms with Gasteiger partial charge >= 0.3 is 5.97 Å². The maximum absolute atomic E-state index is 11.6. The molecule has 0 saturated carbocycles. The maximum Gasteiger partial charge on any atom is 0.304 e. The van der Waals surface area contributed by atoms with Crippen LogP contribution in [0, 0.1) is 0 Å². The van der Waals surface area contributed by atoms with Crippen LogP contribution in [0.5, 0.6) is 5.75 Å². The number of carboxylic acids is 1. The number of aromatic nitrogens is 4. The minimum atomic E-state index is -0.879. The third kappa shape index (κ3) is 6.32. The molecule has 1 aromatic carbocycles. The molecule has 2 N–H and O–H groups in total. The van der Waals surface area contributed by atoms with E-state index in [1.165, 1.54) is 16.9 Å². The Morgan fingerprint density at radius 3 is 2.86 bits per heavy atom. The molecule has 0 aliphatic carbocycles. The molecule has 10 heteroatoms. The second-order valence-corrected chi connectivity index (χ2v) is 10.2. The number of nitrogens with one attached hydrogen (secondary N) is 1. The first kappa shape index (κ1) is 24.9. The molecule has 1 atom stereocenters. The van der Waals surface area contributed by atoms with Crippen molar-refractivity contribution in [3.8, 4) is 16.3 Å². The van der Waals surface area contributed by atoms with Crippen LogP contribution in [-0.4, -0.2) is 44.8 Å². The van der Waals surface area contributed by atoms with Gasteiger partial charge in [-0.05, 0) is 61.6 Å². The van der Waals surface area contributed by atoms with Crippen molar-refractivity contribution < 1.29 is 19.2 Å². The summed E-state index contributed by atoms with van der Waals surface area (Å²) in [5, 5.41) is 17.8. The van der Waals surface area contributed by atoms with Crippen LogP contribution in [0.25, 0.3) is 10.6 Å². The molecular formula is C27H29N5O4S. The van der Waals surface area contributed by atoms with Gasteiger partial charge in [0.2, 0.25) is 5.89 Å². The lowest BCUT2D eigenvalue weighted by Crippen LogP contribution is -2.14. The van der Waals surface area contributed by atoms with Crippen LogP contribution in [0.15, 0.2) is 47.1 Å². The molecule has 1 aliphatic heterocycles. The van der Waals surface area contributed by atoms with E-state index in [-0.39, 0.29) is 12.3 Å². The molecule has 4 heterocycles. The lowest BCUT2D eigenvalue weighted by Gasteiger charge is -2.17. The summed E-state index contributed by atoms with van der Waals surface area (Å²) in [5.41, 5.74) is 3.29. The Balaban J connectivity index is 1.20. The van der Waals surface area contributed by atoms with Gasteiger partial charge in [-0.15, -0.1) is 11.3 Å². The maximum atomic E-state index is 11.6. The molecule has 0 saturated heterocycles. The van der Waals surface area contributed by atoms with E-state index >= 15 is 0 Å². The van der Waals surface area contributed by atoms with Gasteiger partial charge in [-0.3, -0.25) is 4.79 Å². The van der Waals surface area contributed by atoms with Crippen molar-refractivity contribution >= 4 is 23.1 Å². The predicted molar refractivity (Wildman–Crippen MR) is 140 cm³/mol. The average molecular weight is 520 g/mol. The number of carboxylic acid groups (broad SMARTS) is 1. The van der Waals surface area contributed by atoms with E-state index < -0.39 is 5.97 Å². The lowest BCUT2D eigenvalue weighted by atomic mass is 10.0. The summed E-state index contributed by atoms with van der Waals surface area (Å²) < 4.78 is 10.7. The van der Waals surface area contributed by atoms with Gasteiger partial charge in [-0.25, -0.2) is 9.97 Å². The highest BCUT2D eigenvalue weighted by Crippen LogP contribution is 2.34. The number of anilines is 1. The molecule has 0 spiro atoms. The molecule has 1 unspecified atom stereocenters. The van der Waals surface area contributed by atoms with Gasteiger partial charge in [-0.2, -0.15) is 4.98 Å². The standard InChI is InChI=1S/C27H29N5O4S/c1-35-21-11-8-18(9-12-21)27-29-16-22(37-27)19(15-25(33)34)14-24-31-23(32-36-24)6-2-5-20-10-7-17-4-3-13-28-26(17)30-20/h7-12,16,19H,2-6,13-15H2,1H3,(H,28,30)(H,33,34). The average Bonchev–Trinajstić information content (AvgIpc) is 3.58. The van der Waals surface area contributed by atoms with Crippen molar-refractivity contribution in [3.63, 3.8) is 0 Å². The Morgan fingerprint density at radius 1 is 1.19 bits per heavy atom. The largest absolute Gasteiger partial charge is 0.497 e. The zero-order valence-electron chi connectivity index (χ0n) is 20.6. The van der Waals surface area contributed by atoms with Crippen molar-refractivity contribution in [1.82, 2.24) is 20.1 Å². The fraction of sp³-hybridized carbons (Fsp3) is 0.370. The van der Waals surface area contributed by atoms with E-state index in [0.717, 1.165) is 64.9 Å². The quantitative estimate of drug-likeness (QED) is 0.284. The zero-order valence-corrected chi connectivity index (χ0v) is 21.5. The van der Waals surface area contributed by atoms with Gasteiger partial charge in [0.05, 0.1) is 13.5 Å². The van der Waals surface area contributed by atoms with Crippen LogP contribution in [-0.2, 0) is 30.5 Å². The van der Waals surface area contributed by atoms with Crippen molar-refractivity contribution in [2.24, 2.45) is 0 Å². The molecule has 3 aromatic heterocycles. The summed E-state index contributed by atoms with van der Waals surface area (Å²) >= 11 is 1.48. The number of methoxy groups -OCH3 is 1. The normalized spacial score (nSPS) is 13.5. The SMILES string of the molecule is COc1ccc(-c2ncc(C(CC(=O)O)Cc3nc(CCCc4ccc5c(n4)NCCC5)no3)s2)cc1. The predicted octanol–water partition coefficient (Wildman–Crippen LogP) is 4.93. The molecule has 9 nitrogen and oxygen atoms in total. The minimum absolute atomic E-state index is 0.0417. The second kappa shape index (κ2) is 11.5. The fourth-order valence-electron chi connectivity index (χ4n) is 4.45. The van der Waals surface area contributed by atoms with E-state index in [4.69, 9.17) is 14.2 Å². The van der Waals surface area contributed by atoms with Gasteiger partial charge in [0.25, 0.3) is 0 Å². The summed E-state index contributed by atoms with van der Waals surface area (Å²) in [6.45, 7) is 0.974. The van der Waals surface area contributed by atoms with Crippen LogP contribution in [0.4, 0.5) is 5.82 Å². The number of hydrogen-bond acceptors (Lipinski definition) is 9. The Morgan fingerprint density at radius 2 is 2.05 bits per heavy atom. The first-order chi connectivity index (χ1) is 18.1. The summed E-state index contributed by atoms with van der Waals surface area (Å²) in [4.78, 5) is 26.3. The number of benzene rings is 1. The highest BCUT2D eigenvalue weighted by Gasteiger charge is 2.22.